The zero-order chi connectivity index (χ0) is 11.5. The molecule has 1 N–H and O–H groups in total. The lowest BCUT2D eigenvalue weighted by atomic mass is 9.83. The topological polar surface area (TPSA) is 24.9 Å². The van der Waals surface area contributed by atoms with Crippen molar-refractivity contribution in [2.24, 2.45) is 5.92 Å². The quantitative estimate of drug-likeness (QED) is 0.856. The number of rotatable bonds is 4. The van der Waals surface area contributed by atoms with Gasteiger partial charge < -0.3 is 5.32 Å². The smallest absolute Gasteiger partial charge is 0.133 e. The lowest BCUT2D eigenvalue weighted by Crippen LogP contribution is -2.16. The van der Waals surface area contributed by atoms with E-state index in [0.717, 1.165) is 18.3 Å². The summed E-state index contributed by atoms with van der Waals surface area (Å²) in [6.07, 6.45) is 7.44. The average molecular weight is 226 g/mol. The second-order valence-electron chi connectivity index (χ2n) is 4.89. The van der Waals surface area contributed by atoms with E-state index in [2.05, 4.69) is 40.6 Å². The maximum Gasteiger partial charge on any atom is 0.133 e. The van der Waals surface area contributed by atoms with Crippen molar-refractivity contribution in [3.05, 3.63) is 36.5 Å². The molecule has 3 rings (SSSR count). The summed E-state index contributed by atoms with van der Waals surface area (Å²) < 4.78 is 0. The van der Waals surface area contributed by atoms with Gasteiger partial charge in [-0.1, -0.05) is 43.5 Å². The molecule has 1 aromatic heterocycles. The van der Waals surface area contributed by atoms with E-state index < -0.39 is 0 Å². The molecule has 17 heavy (non-hydrogen) atoms. The first-order valence-corrected chi connectivity index (χ1v) is 6.51. The molecule has 0 unspecified atom stereocenters. The predicted molar refractivity (Wildman–Crippen MR) is 72.2 cm³/mol. The number of hydrogen-bond donors (Lipinski definition) is 1. The first kappa shape index (κ1) is 10.6. The van der Waals surface area contributed by atoms with Crippen molar-refractivity contribution >= 4 is 16.6 Å². The molecule has 0 aliphatic heterocycles. The predicted octanol–water partition coefficient (Wildman–Crippen LogP) is 3.84. The van der Waals surface area contributed by atoms with Gasteiger partial charge in [0, 0.05) is 18.1 Å². The monoisotopic (exact) mass is 226 g/mol. The molecule has 2 nitrogen and oxygen atoms in total. The normalized spacial score (nSPS) is 15.8. The van der Waals surface area contributed by atoms with Crippen molar-refractivity contribution < 1.29 is 0 Å². The second kappa shape index (κ2) is 4.74. The Balaban J connectivity index is 1.71. The van der Waals surface area contributed by atoms with Gasteiger partial charge in [-0.25, -0.2) is 4.98 Å². The maximum absolute atomic E-state index is 4.44. The Morgan fingerprint density at radius 2 is 2.06 bits per heavy atom. The Bertz CT molecular complexity index is 498. The average Bonchev–Trinajstić information content (AvgIpc) is 2.32. The van der Waals surface area contributed by atoms with Crippen LogP contribution in [0.5, 0.6) is 0 Å². The zero-order valence-corrected chi connectivity index (χ0v) is 10.0. The molecule has 1 heterocycles. The number of pyridine rings is 1. The first-order chi connectivity index (χ1) is 8.43. The van der Waals surface area contributed by atoms with Gasteiger partial charge in [0.05, 0.1) is 0 Å². The highest BCUT2D eigenvalue weighted by Gasteiger charge is 2.16. The van der Waals surface area contributed by atoms with Crippen LogP contribution in [0.3, 0.4) is 0 Å². The molecule has 88 valence electrons. The third kappa shape index (κ3) is 2.26. The number of nitrogens with zero attached hydrogens (tertiary/aromatic N) is 1. The molecular formula is C15H18N2. The van der Waals surface area contributed by atoms with Crippen molar-refractivity contribution in [1.82, 2.24) is 4.98 Å². The molecule has 1 aliphatic carbocycles. The highest BCUT2D eigenvalue weighted by Crippen LogP contribution is 2.29. The highest BCUT2D eigenvalue weighted by molar-refractivity contribution is 5.91. The highest BCUT2D eigenvalue weighted by atomic mass is 15.0. The first-order valence-electron chi connectivity index (χ1n) is 6.51. The Morgan fingerprint density at radius 3 is 2.88 bits per heavy atom. The van der Waals surface area contributed by atoms with Gasteiger partial charge >= 0.3 is 0 Å². The van der Waals surface area contributed by atoms with Crippen LogP contribution in [0.15, 0.2) is 36.5 Å². The van der Waals surface area contributed by atoms with E-state index >= 15 is 0 Å². The van der Waals surface area contributed by atoms with Crippen LogP contribution in [0.1, 0.15) is 25.7 Å². The number of nitrogens with one attached hydrogen (secondary N) is 1. The lowest BCUT2D eigenvalue weighted by molar-refractivity contribution is 0.303. The van der Waals surface area contributed by atoms with Crippen LogP contribution in [0, 0.1) is 5.92 Å². The van der Waals surface area contributed by atoms with Crippen LogP contribution >= 0.6 is 0 Å². The molecule has 1 aliphatic rings. The lowest BCUT2D eigenvalue weighted by Gasteiger charge is -2.25. The minimum atomic E-state index is 0.956. The summed E-state index contributed by atoms with van der Waals surface area (Å²) >= 11 is 0. The molecular weight excluding hydrogens is 208 g/mol. The standard InChI is InChI=1S/C15H18N2/c1-2-7-14-13(6-1)9-11-17-15(14)16-10-8-12-4-3-5-12/h1-2,6-7,9,11-12H,3-5,8,10H2,(H,16,17). The van der Waals surface area contributed by atoms with Crippen LogP contribution in [-0.4, -0.2) is 11.5 Å². The van der Waals surface area contributed by atoms with Crippen LogP contribution < -0.4 is 5.32 Å². The molecule has 0 atom stereocenters. The number of anilines is 1. The SMILES string of the molecule is c1ccc2c(NCCC3CCC3)nccc2c1. The summed E-state index contributed by atoms with van der Waals surface area (Å²) in [6.45, 7) is 1.05. The fourth-order valence-corrected chi connectivity index (χ4v) is 2.44. The number of hydrogen-bond acceptors (Lipinski definition) is 2. The Labute approximate surface area is 102 Å². The molecule has 0 saturated heterocycles. The van der Waals surface area contributed by atoms with Gasteiger partial charge in [-0.2, -0.15) is 0 Å². The van der Waals surface area contributed by atoms with E-state index in [1.54, 1.807) is 0 Å². The molecule has 2 heteroatoms. The Hall–Kier alpha value is -1.57. The summed E-state index contributed by atoms with van der Waals surface area (Å²) in [5.74, 6) is 1.99. The van der Waals surface area contributed by atoms with E-state index in [9.17, 15) is 0 Å². The molecule has 0 spiro atoms. The molecule has 1 aromatic carbocycles. The van der Waals surface area contributed by atoms with Gasteiger partial charge in [0.2, 0.25) is 0 Å². The fraction of sp³-hybridized carbons (Fsp3) is 0.400. The van der Waals surface area contributed by atoms with Crippen molar-refractivity contribution in [2.75, 3.05) is 11.9 Å². The summed E-state index contributed by atoms with van der Waals surface area (Å²) in [4.78, 5) is 4.44. The molecule has 1 saturated carbocycles. The van der Waals surface area contributed by atoms with Gasteiger partial charge in [-0.3, -0.25) is 0 Å². The van der Waals surface area contributed by atoms with Crippen molar-refractivity contribution in [3.8, 4) is 0 Å². The fourth-order valence-electron chi connectivity index (χ4n) is 2.44. The minimum absolute atomic E-state index is 0.956. The molecule has 0 radical (unpaired) electrons. The summed E-state index contributed by atoms with van der Waals surface area (Å²) in [6, 6.07) is 10.5. The largest absolute Gasteiger partial charge is 0.370 e. The molecule has 0 bridgehead atoms. The van der Waals surface area contributed by atoms with Crippen molar-refractivity contribution in [1.29, 1.82) is 0 Å². The molecule has 2 aromatic rings. The summed E-state index contributed by atoms with van der Waals surface area (Å²) in [5.41, 5.74) is 0. The second-order valence-corrected chi connectivity index (χ2v) is 4.89. The van der Waals surface area contributed by atoms with E-state index in [-0.39, 0.29) is 0 Å². The van der Waals surface area contributed by atoms with Crippen molar-refractivity contribution in [2.45, 2.75) is 25.7 Å². The molecule has 0 amide bonds. The Kier molecular flexibility index (Phi) is 2.95. The third-order valence-corrected chi connectivity index (χ3v) is 3.74. The van der Waals surface area contributed by atoms with E-state index in [1.165, 1.54) is 36.5 Å². The maximum atomic E-state index is 4.44. The van der Waals surface area contributed by atoms with Gasteiger partial charge in [0.15, 0.2) is 0 Å². The van der Waals surface area contributed by atoms with Gasteiger partial charge in [0.1, 0.15) is 5.82 Å². The van der Waals surface area contributed by atoms with Crippen LogP contribution in [0.4, 0.5) is 5.82 Å². The van der Waals surface area contributed by atoms with Gasteiger partial charge in [-0.05, 0) is 23.8 Å². The summed E-state index contributed by atoms with van der Waals surface area (Å²) in [5, 5.41) is 5.96. The van der Waals surface area contributed by atoms with Crippen molar-refractivity contribution in [3.63, 3.8) is 0 Å². The number of benzene rings is 1. The van der Waals surface area contributed by atoms with Gasteiger partial charge in [-0.15, -0.1) is 0 Å². The van der Waals surface area contributed by atoms with E-state index in [0.29, 0.717) is 0 Å². The Morgan fingerprint density at radius 1 is 1.18 bits per heavy atom. The van der Waals surface area contributed by atoms with Gasteiger partial charge in [0.25, 0.3) is 0 Å². The van der Waals surface area contributed by atoms with Crippen LogP contribution in [-0.2, 0) is 0 Å². The third-order valence-electron chi connectivity index (χ3n) is 3.74. The van der Waals surface area contributed by atoms with E-state index in [1.807, 2.05) is 6.20 Å². The summed E-state index contributed by atoms with van der Waals surface area (Å²) in [7, 11) is 0. The van der Waals surface area contributed by atoms with Crippen LogP contribution in [0.25, 0.3) is 10.8 Å². The number of aromatic nitrogens is 1. The minimum Gasteiger partial charge on any atom is -0.370 e. The molecule has 1 fully saturated rings. The van der Waals surface area contributed by atoms with Crippen LogP contribution in [0.2, 0.25) is 0 Å². The zero-order valence-electron chi connectivity index (χ0n) is 10.0. The van der Waals surface area contributed by atoms with E-state index in [4.69, 9.17) is 0 Å². The number of fused-ring (bicyclic) bond motifs is 1.